The van der Waals surface area contributed by atoms with Crippen LogP contribution >= 0.6 is 0 Å². The largest absolute Gasteiger partial charge is 0.471 e. The Morgan fingerprint density at radius 3 is 2.49 bits per heavy atom. The topological polar surface area (TPSA) is 122 Å². The van der Waals surface area contributed by atoms with Gasteiger partial charge in [-0.2, -0.15) is 0 Å². The Kier molecular flexibility index (Phi) is 9.70. The summed E-state index contributed by atoms with van der Waals surface area (Å²) in [7, 11) is 0. The zero-order valence-corrected chi connectivity index (χ0v) is 27.5. The third-order valence-corrected chi connectivity index (χ3v) is 10.2. The summed E-state index contributed by atoms with van der Waals surface area (Å²) < 4.78 is 20.7. The van der Waals surface area contributed by atoms with Crippen molar-refractivity contribution < 1.29 is 28.6 Å². The Morgan fingerprint density at radius 2 is 1.87 bits per heavy atom. The minimum atomic E-state index is -1.31. The summed E-state index contributed by atoms with van der Waals surface area (Å²) in [5.74, 6) is 1.41. The second-order valence-corrected chi connectivity index (χ2v) is 15.0. The maximum Gasteiger partial charge on any atom is 0.405 e. The molecule has 2 aromatic rings. The number of unbranched alkanes of at least 4 members (excludes halogenated alkanes) is 2. The highest BCUT2D eigenvalue weighted by Crippen LogP contribution is 2.56. The maximum atomic E-state index is 14.2. The minimum absolute atomic E-state index is 0.0862. The summed E-state index contributed by atoms with van der Waals surface area (Å²) >= 11 is 0. The molecule has 9 nitrogen and oxygen atoms in total. The lowest BCUT2D eigenvalue weighted by Gasteiger charge is -2.35. The average Bonchev–Trinajstić information content (AvgIpc) is 3.53. The lowest BCUT2D eigenvalue weighted by molar-refractivity contribution is -0.143. The van der Waals surface area contributed by atoms with Crippen LogP contribution in [0.4, 0.5) is 9.18 Å². The van der Waals surface area contributed by atoms with Crippen molar-refractivity contribution in [1.82, 2.24) is 20.2 Å². The van der Waals surface area contributed by atoms with E-state index in [9.17, 15) is 23.9 Å². The van der Waals surface area contributed by atoms with Gasteiger partial charge < -0.3 is 20.1 Å². The molecule has 1 saturated heterocycles. The van der Waals surface area contributed by atoms with Gasteiger partial charge in [-0.1, -0.05) is 60.8 Å². The molecule has 2 N–H and O–H groups in total. The first-order chi connectivity index (χ1) is 21.2. The lowest BCUT2D eigenvalue weighted by Crippen LogP contribution is -2.57. The molecule has 7 atom stereocenters. The molecule has 3 fully saturated rings. The van der Waals surface area contributed by atoms with E-state index in [4.69, 9.17) is 14.7 Å². The predicted molar refractivity (Wildman–Crippen MR) is 169 cm³/mol. The van der Waals surface area contributed by atoms with Crippen LogP contribution < -0.4 is 10.1 Å². The van der Waals surface area contributed by atoms with E-state index in [1.54, 1.807) is 40.7 Å². The number of carbonyl (C=O) groups excluding carboxylic acids is 2. The molecule has 0 radical (unpaired) electrons. The highest BCUT2D eigenvalue weighted by molar-refractivity contribution is 5.94. The average molecular weight is 625 g/mol. The Bertz CT molecular complexity index is 1420. The number of hydrogen-bond donors (Lipinski definition) is 2. The summed E-state index contributed by atoms with van der Waals surface area (Å²) in [5.41, 5.74) is 0.908. The lowest BCUT2D eigenvalue weighted by atomic mass is 9.85. The van der Waals surface area contributed by atoms with Crippen LogP contribution in [0.1, 0.15) is 92.2 Å². The van der Waals surface area contributed by atoms with Gasteiger partial charge in [0, 0.05) is 17.9 Å². The fourth-order valence-electron chi connectivity index (χ4n) is 7.53. The zero-order chi connectivity index (χ0) is 32.6. The van der Waals surface area contributed by atoms with Crippen molar-refractivity contribution in [3.63, 3.8) is 0 Å². The molecule has 2 amide bonds. The number of likely N-dealkylation sites (tertiary alicyclic amines) is 1. The van der Waals surface area contributed by atoms with Crippen molar-refractivity contribution in [2.75, 3.05) is 6.54 Å². The van der Waals surface area contributed by atoms with Gasteiger partial charge in [0.2, 0.25) is 11.8 Å². The Morgan fingerprint density at radius 1 is 1.11 bits per heavy atom. The number of carbonyl (C=O) groups is 3. The summed E-state index contributed by atoms with van der Waals surface area (Å²) in [5, 5.41) is 11.9. The minimum Gasteiger partial charge on any atom is -0.471 e. The van der Waals surface area contributed by atoms with Crippen molar-refractivity contribution >= 4 is 28.8 Å². The third-order valence-electron chi connectivity index (χ3n) is 10.2. The van der Waals surface area contributed by atoms with E-state index in [1.807, 2.05) is 6.92 Å². The molecule has 0 spiro atoms. The van der Waals surface area contributed by atoms with Gasteiger partial charge in [0.1, 0.15) is 23.7 Å². The van der Waals surface area contributed by atoms with Crippen molar-refractivity contribution in [3.05, 3.63) is 29.7 Å². The van der Waals surface area contributed by atoms with Gasteiger partial charge in [-0.3, -0.25) is 9.59 Å². The quantitative estimate of drug-likeness (QED) is 0.261. The van der Waals surface area contributed by atoms with E-state index in [2.05, 4.69) is 5.32 Å². The van der Waals surface area contributed by atoms with Crippen molar-refractivity contribution in [3.8, 4) is 5.88 Å². The van der Waals surface area contributed by atoms with Gasteiger partial charge >= 0.3 is 6.09 Å². The first-order valence-corrected chi connectivity index (χ1v) is 16.7. The third kappa shape index (κ3) is 7.41. The monoisotopic (exact) mass is 624 g/mol. The number of halogens is 1. The molecule has 2 saturated carbocycles. The molecule has 246 valence electrons. The summed E-state index contributed by atoms with van der Waals surface area (Å²) in [4.78, 5) is 50.1. The van der Waals surface area contributed by atoms with E-state index in [1.165, 1.54) is 49.1 Å². The molecule has 1 unspecified atom stereocenters. The Labute approximate surface area is 265 Å². The molecule has 1 aromatic carbocycles. The number of aryl methyl sites for hydroxylation is 1. The molecule has 45 heavy (non-hydrogen) atoms. The van der Waals surface area contributed by atoms with Crippen molar-refractivity contribution in [2.45, 2.75) is 111 Å². The molecule has 1 aromatic heterocycles. The van der Waals surface area contributed by atoms with Gasteiger partial charge in [-0.25, -0.2) is 19.2 Å². The molecular formula is C35H49FN4O5. The number of nitrogens with one attached hydrogen (secondary N) is 1. The molecule has 0 bridgehead atoms. The fraction of sp³-hybridized carbons (Fsp3) is 0.686. The molecule has 5 rings (SSSR count). The first kappa shape index (κ1) is 33.1. The number of nitrogens with zero attached hydrogens (tertiary/aromatic N) is 3. The number of benzene rings is 1. The zero-order valence-electron chi connectivity index (χ0n) is 27.5. The van der Waals surface area contributed by atoms with Gasteiger partial charge in [-0.15, -0.1) is 0 Å². The fourth-order valence-corrected chi connectivity index (χ4v) is 7.53. The van der Waals surface area contributed by atoms with Crippen LogP contribution in [0.3, 0.4) is 0 Å². The highest BCUT2D eigenvalue weighted by atomic mass is 19.1. The van der Waals surface area contributed by atoms with Crippen LogP contribution in [0.15, 0.2) is 18.2 Å². The number of aromatic nitrogens is 2. The van der Waals surface area contributed by atoms with Gasteiger partial charge in [-0.05, 0) is 67.4 Å². The van der Waals surface area contributed by atoms with Crippen LogP contribution in [0.5, 0.6) is 5.88 Å². The van der Waals surface area contributed by atoms with Crippen LogP contribution in [-0.2, 0) is 16.0 Å². The second-order valence-electron chi connectivity index (χ2n) is 15.0. The van der Waals surface area contributed by atoms with Crippen LogP contribution in [0.25, 0.3) is 11.0 Å². The first-order valence-electron chi connectivity index (χ1n) is 16.7. The van der Waals surface area contributed by atoms with Gasteiger partial charge in [0.15, 0.2) is 5.78 Å². The number of fused-ring (bicyclic) bond motifs is 2. The van der Waals surface area contributed by atoms with Crippen molar-refractivity contribution in [1.29, 1.82) is 0 Å². The van der Waals surface area contributed by atoms with E-state index in [0.29, 0.717) is 29.0 Å². The number of Topliss-reactive ketones (excluding diaryl/α,β-unsaturated/α-hetero) is 1. The molecule has 2 aliphatic carbocycles. The van der Waals surface area contributed by atoms with Crippen LogP contribution in [0, 0.1) is 40.8 Å². The highest BCUT2D eigenvalue weighted by Gasteiger charge is 2.50. The molecule has 1 aliphatic heterocycles. The van der Waals surface area contributed by atoms with E-state index in [-0.39, 0.29) is 18.2 Å². The number of hydrogen-bond acceptors (Lipinski definition) is 6. The molecule has 2 heterocycles. The van der Waals surface area contributed by atoms with E-state index >= 15 is 0 Å². The number of amides is 2. The van der Waals surface area contributed by atoms with Gasteiger partial charge in [0.25, 0.3) is 0 Å². The van der Waals surface area contributed by atoms with E-state index < -0.39 is 47.3 Å². The summed E-state index contributed by atoms with van der Waals surface area (Å²) in [6.07, 6.45) is 7.43. The van der Waals surface area contributed by atoms with Gasteiger partial charge in [0.05, 0.1) is 23.6 Å². The van der Waals surface area contributed by atoms with Crippen LogP contribution in [-0.4, -0.2) is 62.5 Å². The maximum absolute atomic E-state index is 14.2. The number of ketones is 1. The summed E-state index contributed by atoms with van der Waals surface area (Å²) in [6.45, 7) is 10.9. The summed E-state index contributed by atoms with van der Waals surface area (Å²) in [6, 6.07) is 2.47. The van der Waals surface area contributed by atoms with Crippen LogP contribution in [0.2, 0.25) is 0 Å². The number of ether oxygens (including phenoxy) is 1. The molecular weight excluding hydrogens is 575 g/mol. The number of rotatable bonds is 12. The number of carboxylic acid groups (broad SMARTS) is 1. The molecule has 10 heteroatoms. The smallest absolute Gasteiger partial charge is 0.405 e. The standard InChI is InChI=1S/C35H49FN4O5/c1-19(2)30(41)29-20(3)28(18-40(29)33(42)31(35(4,5)6)39-34(43)44)45-32-26(37-25-15-14-23(36)17-27(25)38-32)11-9-7-8-10-21-12-13-22-16-24(21)22/h14-15,17,19-22,24,28-29,31,39H,7-13,16,18H2,1-6H3,(H,43,44)/t20-,21+,22?,24+,28+,29+,31-/m1/s1. The SMILES string of the molecule is CC(C)C(=O)[C@@H]1[C@H](C)[C@@H](Oc2nc3cc(F)ccc3nc2CCCCC[C@H]2CCC3C[C@H]32)CN1C(=O)[C@@H](NC(=O)O)C(C)(C)C. The Balaban J connectivity index is 1.36. The Hall–Kier alpha value is -3.30. The predicted octanol–water partition coefficient (Wildman–Crippen LogP) is 6.42. The van der Waals surface area contributed by atoms with E-state index in [0.717, 1.165) is 30.6 Å². The van der Waals surface area contributed by atoms with Crippen molar-refractivity contribution in [2.24, 2.45) is 35.0 Å². The molecule has 3 aliphatic rings. The second kappa shape index (κ2) is 13.2. The normalized spacial score (nSPS) is 26.6.